The fourth-order valence-electron chi connectivity index (χ4n) is 2.50. The van der Waals surface area contributed by atoms with Crippen LogP contribution in [0.4, 0.5) is 4.79 Å². The van der Waals surface area contributed by atoms with Crippen LogP contribution in [0.15, 0.2) is 23.6 Å². The molecule has 128 valence electrons. The van der Waals surface area contributed by atoms with Crippen molar-refractivity contribution < 1.29 is 14.3 Å². The van der Waals surface area contributed by atoms with Crippen LogP contribution in [0.25, 0.3) is 0 Å². The molecule has 0 unspecified atom stereocenters. The van der Waals surface area contributed by atoms with E-state index in [1.165, 1.54) is 0 Å². The van der Waals surface area contributed by atoms with Crippen LogP contribution >= 0.6 is 11.3 Å². The van der Waals surface area contributed by atoms with E-state index in [0.29, 0.717) is 19.8 Å². The average Bonchev–Trinajstić information content (AvgIpc) is 2.99. The molecule has 1 aliphatic heterocycles. The van der Waals surface area contributed by atoms with Gasteiger partial charge in [-0.05, 0) is 31.5 Å². The van der Waals surface area contributed by atoms with Gasteiger partial charge in [-0.3, -0.25) is 0 Å². The Balaban J connectivity index is 1.61. The summed E-state index contributed by atoms with van der Waals surface area (Å²) in [5, 5.41) is 5.97. The molecule has 1 atom stereocenters. The van der Waals surface area contributed by atoms with Gasteiger partial charge in [0.25, 0.3) is 0 Å². The molecule has 1 N–H and O–H groups in total. The summed E-state index contributed by atoms with van der Waals surface area (Å²) in [6.45, 7) is 5.51. The van der Waals surface area contributed by atoms with Crippen LogP contribution in [0.5, 0.6) is 11.5 Å². The zero-order valence-electron chi connectivity index (χ0n) is 14.0. The molecule has 0 saturated heterocycles. The molecule has 2 aromatic rings. The van der Waals surface area contributed by atoms with Crippen molar-refractivity contribution in [3.8, 4) is 11.5 Å². The molecule has 0 radical (unpaired) electrons. The number of hydrogen-bond acceptors (Lipinski definition) is 5. The lowest BCUT2D eigenvalue weighted by Gasteiger charge is -2.23. The van der Waals surface area contributed by atoms with Gasteiger partial charge in [-0.2, -0.15) is 0 Å². The molecular weight excluding hydrogens is 326 g/mol. The highest BCUT2D eigenvalue weighted by molar-refractivity contribution is 7.09. The second-order valence-electron chi connectivity index (χ2n) is 5.79. The second-order valence-corrected chi connectivity index (χ2v) is 6.85. The summed E-state index contributed by atoms with van der Waals surface area (Å²) < 4.78 is 11.1. The Morgan fingerprint density at radius 2 is 2.12 bits per heavy atom. The van der Waals surface area contributed by atoms with Crippen LogP contribution in [0.2, 0.25) is 0 Å². The van der Waals surface area contributed by atoms with Crippen molar-refractivity contribution in [3.63, 3.8) is 0 Å². The van der Waals surface area contributed by atoms with Crippen molar-refractivity contribution in [2.24, 2.45) is 0 Å². The van der Waals surface area contributed by atoms with Crippen molar-refractivity contribution >= 4 is 17.4 Å². The van der Waals surface area contributed by atoms with Gasteiger partial charge < -0.3 is 19.7 Å². The van der Waals surface area contributed by atoms with E-state index in [1.807, 2.05) is 37.4 Å². The third kappa shape index (κ3) is 3.79. The summed E-state index contributed by atoms with van der Waals surface area (Å²) in [5.74, 6) is 1.48. The van der Waals surface area contributed by atoms with Gasteiger partial charge in [0.05, 0.1) is 23.3 Å². The first-order valence-corrected chi connectivity index (χ1v) is 8.73. The minimum Gasteiger partial charge on any atom is -0.486 e. The van der Waals surface area contributed by atoms with Crippen molar-refractivity contribution in [1.29, 1.82) is 0 Å². The first-order valence-electron chi connectivity index (χ1n) is 7.85. The summed E-state index contributed by atoms with van der Waals surface area (Å²) >= 11 is 1.59. The SMILES string of the molecule is Cc1nc(CN(C)C(=O)N[C@H](C)c2ccc3c(c2)OCCO3)cs1. The summed E-state index contributed by atoms with van der Waals surface area (Å²) in [6.07, 6.45) is 0. The van der Waals surface area contributed by atoms with Crippen LogP contribution in [-0.2, 0) is 6.54 Å². The number of hydrogen-bond donors (Lipinski definition) is 1. The Morgan fingerprint density at radius 3 is 2.83 bits per heavy atom. The number of aromatic nitrogens is 1. The first kappa shape index (κ1) is 16.6. The zero-order chi connectivity index (χ0) is 17.1. The van der Waals surface area contributed by atoms with Gasteiger partial charge >= 0.3 is 6.03 Å². The number of amides is 2. The molecule has 7 heteroatoms. The largest absolute Gasteiger partial charge is 0.486 e. The number of nitrogens with zero attached hydrogens (tertiary/aromatic N) is 2. The highest BCUT2D eigenvalue weighted by atomic mass is 32.1. The average molecular weight is 347 g/mol. The number of carbonyl (C=O) groups excluding carboxylic acids is 1. The number of carbonyl (C=O) groups is 1. The van der Waals surface area contributed by atoms with E-state index < -0.39 is 0 Å². The van der Waals surface area contributed by atoms with Crippen molar-refractivity contribution in [2.45, 2.75) is 26.4 Å². The minimum atomic E-state index is -0.136. The maximum absolute atomic E-state index is 12.4. The number of thiazole rings is 1. The molecule has 6 nitrogen and oxygen atoms in total. The van der Waals surface area contributed by atoms with Crippen LogP contribution in [-0.4, -0.2) is 36.2 Å². The van der Waals surface area contributed by atoms with Crippen LogP contribution in [0.1, 0.15) is 29.2 Å². The van der Waals surface area contributed by atoms with Crippen molar-refractivity contribution in [1.82, 2.24) is 15.2 Å². The van der Waals surface area contributed by atoms with Crippen LogP contribution < -0.4 is 14.8 Å². The van der Waals surface area contributed by atoms with Gasteiger partial charge in [0.1, 0.15) is 13.2 Å². The van der Waals surface area contributed by atoms with Gasteiger partial charge in [0.15, 0.2) is 11.5 Å². The Morgan fingerprint density at radius 1 is 1.38 bits per heavy atom. The van der Waals surface area contributed by atoms with E-state index in [0.717, 1.165) is 27.8 Å². The summed E-state index contributed by atoms with van der Waals surface area (Å²) in [4.78, 5) is 18.4. The molecule has 1 aromatic heterocycles. The first-order chi connectivity index (χ1) is 11.5. The van der Waals surface area contributed by atoms with Crippen LogP contribution in [0.3, 0.4) is 0 Å². The molecule has 0 spiro atoms. The number of aryl methyl sites for hydroxylation is 1. The number of fused-ring (bicyclic) bond motifs is 1. The number of urea groups is 1. The Labute approximate surface area is 145 Å². The van der Waals surface area contributed by atoms with E-state index in [1.54, 1.807) is 23.3 Å². The lowest BCUT2D eigenvalue weighted by molar-refractivity contribution is 0.171. The smallest absolute Gasteiger partial charge is 0.317 e. The van der Waals surface area contributed by atoms with Crippen molar-refractivity contribution in [3.05, 3.63) is 39.8 Å². The molecule has 1 aromatic carbocycles. The number of nitrogens with one attached hydrogen (secondary N) is 1. The van der Waals surface area contributed by atoms with Gasteiger partial charge in [0.2, 0.25) is 0 Å². The highest BCUT2D eigenvalue weighted by Crippen LogP contribution is 2.32. The van der Waals surface area contributed by atoms with E-state index in [-0.39, 0.29) is 12.1 Å². The number of rotatable bonds is 4. The van der Waals surface area contributed by atoms with Gasteiger partial charge in [-0.15, -0.1) is 11.3 Å². The molecule has 2 amide bonds. The van der Waals surface area contributed by atoms with Gasteiger partial charge in [-0.1, -0.05) is 6.07 Å². The molecule has 0 fully saturated rings. The Bertz CT molecular complexity index is 732. The molecule has 24 heavy (non-hydrogen) atoms. The molecule has 0 bridgehead atoms. The normalized spacial score (nSPS) is 14.1. The summed E-state index contributed by atoms with van der Waals surface area (Å²) in [5.41, 5.74) is 1.88. The molecule has 3 rings (SSSR count). The monoisotopic (exact) mass is 347 g/mol. The molecule has 0 saturated carbocycles. The quantitative estimate of drug-likeness (QED) is 0.923. The fourth-order valence-corrected chi connectivity index (χ4v) is 3.11. The lowest BCUT2D eigenvalue weighted by atomic mass is 10.1. The maximum atomic E-state index is 12.4. The topological polar surface area (TPSA) is 63.7 Å². The van der Waals surface area contributed by atoms with E-state index >= 15 is 0 Å². The molecule has 1 aliphatic rings. The third-order valence-electron chi connectivity index (χ3n) is 3.82. The molecular formula is C17H21N3O3S. The zero-order valence-corrected chi connectivity index (χ0v) is 14.9. The standard InChI is InChI=1S/C17H21N3O3S/c1-11(13-4-5-15-16(8-13)23-7-6-22-15)18-17(21)20(3)9-14-10-24-12(2)19-14/h4-5,8,10-11H,6-7,9H2,1-3H3,(H,18,21)/t11-/m1/s1. The highest BCUT2D eigenvalue weighted by Gasteiger charge is 2.17. The number of benzene rings is 1. The van der Waals surface area contributed by atoms with Gasteiger partial charge in [0, 0.05) is 12.4 Å². The Kier molecular flexibility index (Phi) is 4.89. The van der Waals surface area contributed by atoms with E-state index in [9.17, 15) is 4.79 Å². The molecule has 2 heterocycles. The van der Waals surface area contributed by atoms with Gasteiger partial charge in [-0.25, -0.2) is 9.78 Å². The lowest BCUT2D eigenvalue weighted by Crippen LogP contribution is -2.38. The second kappa shape index (κ2) is 7.09. The predicted molar refractivity (Wildman–Crippen MR) is 92.7 cm³/mol. The summed E-state index contributed by atoms with van der Waals surface area (Å²) in [6, 6.07) is 5.48. The van der Waals surface area contributed by atoms with E-state index in [2.05, 4.69) is 10.3 Å². The van der Waals surface area contributed by atoms with Crippen LogP contribution in [0, 0.1) is 6.92 Å². The Hall–Kier alpha value is -2.28. The predicted octanol–water partition coefficient (Wildman–Crippen LogP) is 3.13. The summed E-state index contributed by atoms with van der Waals surface area (Å²) in [7, 11) is 1.76. The maximum Gasteiger partial charge on any atom is 0.317 e. The minimum absolute atomic E-state index is 0.132. The molecule has 0 aliphatic carbocycles. The third-order valence-corrected chi connectivity index (χ3v) is 4.64. The van der Waals surface area contributed by atoms with Crippen molar-refractivity contribution in [2.75, 3.05) is 20.3 Å². The number of ether oxygens (including phenoxy) is 2. The van der Waals surface area contributed by atoms with E-state index in [4.69, 9.17) is 9.47 Å². The fraction of sp³-hybridized carbons (Fsp3) is 0.412.